The van der Waals surface area contributed by atoms with Gasteiger partial charge in [-0.1, -0.05) is 101 Å². The molecular weight excluding hydrogens is 691 g/mol. The molecule has 3 heterocycles. The zero-order chi connectivity index (χ0) is 29.7. The van der Waals surface area contributed by atoms with E-state index in [1.165, 1.54) is 18.9 Å². The van der Waals surface area contributed by atoms with Crippen LogP contribution < -0.4 is 11.1 Å². The van der Waals surface area contributed by atoms with Crippen molar-refractivity contribution in [1.82, 2.24) is 19.6 Å². The lowest BCUT2D eigenvalue weighted by Gasteiger charge is -2.53. The van der Waals surface area contributed by atoms with Gasteiger partial charge >= 0.3 is 5.97 Å². The molecule has 0 aliphatic carbocycles. The molecule has 2 amide bonds. The van der Waals surface area contributed by atoms with Crippen molar-refractivity contribution in [3.8, 4) is 0 Å². The van der Waals surface area contributed by atoms with Gasteiger partial charge in [0.2, 0.25) is 17.4 Å². The first-order valence-corrected chi connectivity index (χ1v) is 16.2. The lowest BCUT2D eigenvalue weighted by molar-refractivity contribution is -0.162. The number of hydrogen-bond donors (Lipinski definition) is 2. The number of aromatic nitrogens is 2. The van der Waals surface area contributed by atoms with Crippen molar-refractivity contribution < 1.29 is 24.0 Å². The molecule has 3 atom stereocenters. The summed E-state index contributed by atoms with van der Waals surface area (Å²) in [5.74, 6) is -1.03. The van der Waals surface area contributed by atoms with Gasteiger partial charge in [0.15, 0.2) is 11.2 Å². The minimum atomic E-state index is -1.07. The molecule has 2 saturated heterocycles. The van der Waals surface area contributed by atoms with Crippen molar-refractivity contribution in [2.45, 2.75) is 17.5 Å². The van der Waals surface area contributed by atoms with E-state index in [2.05, 4.69) is 42.4 Å². The molecule has 0 radical (unpaired) electrons. The minimum Gasteiger partial charge on any atom is -0.452 e. The predicted molar refractivity (Wildman–Crippen MR) is 169 cm³/mol. The number of nitrogens with zero attached hydrogens (tertiary/aromatic N) is 4. The van der Waals surface area contributed by atoms with Crippen LogP contribution in [-0.2, 0) is 24.0 Å². The van der Waals surface area contributed by atoms with Crippen molar-refractivity contribution in [2.24, 2.45) is 10.6 Å². The number of thioether (sulfide) groups is 1. The maximum atomic E-state index is 14.0. The van der Waals surface area contributed by atoms with E-state index < -0.39 is 29.4 Å². The Balaban J connectivity index is 1.34. The van der Waals surface area contributed by atoms with Crippen LogP contribution in [-0.4, -0.2) is 73.0 Å². The zero-order valence-corrected chi connectivity index (χ0v) is 26.2. The summed E-state index contributed by atoms with van der Waals surface area (Å²) in [6, 6.07) is 18.3. The number of nitrogen functional groups attached to an aromatic ring is 1. The van der Waals surface area contributed by atoms with Crippen LogP contribution in [0.4, 0.5) is 5.13 Å². The Morgan fingerprint density at radius 2 is 1.88 bits per heavy atom. The summed E-state index contributed by atoms with van der Waals surface area (Å²) >= 11 is 4.53. The van der Waals surface area contributed by atoms with Gasteiger partial charge in [0.25, 0.3) is 5.91 Å². The topological polar surface area (TPSA) is 149 Å². The molecule has 0 spiro atoms. The Kier molecular flexibility index (Phi) is 9.43. The highest BCUT2D eigenvalue weighted by Crippen LogP contribution is 2.44. The van der Waals surface area contributed by atoms with Gasteiger partial charge in [-0.3, -0.25) is 14.4 Å². The van der Waals surface area contributed by atoms with E-state index in [-0.39, 0.29) is 34.5 Å². The van der Waals surface area contributed by atoms with Gasteiger partial charge in [0.1, 0.15) is 23.9 Å². The van der Waals surface area contributed by atoms with Crippen LogP contribution in [0.5, 0.6) is 0 Å². The van der Waals surface area contributed by atoms with Gasteiger partial charge < -0.3 is 25.5 Å². The van der Waals surface area contributed by atoms with Crippen molar-refractivity contribution >= 4 is 74.5 Å². The first-order chi connectivity index (χ1) is 20.4. The van der Waals surface area contributed by atoms with Crippen LogP contribution in [0, 0.1) is 5.41 Å². The molecule has 2 unspecified atom stereocenters. The van der Waals surface area contributed by atoms with Gasteiger partial charge in [0.05, 0.1) is 0 Å². The van der Waals surface area contributed by atoms with Crippen LogP contribution in [0.25, 0.3) is 0 Å². The fourth-order valence-corrected chi connectivity index (χ4v) is 6.98. The summed E-state index contributed by atoms with van der Waals surface area (Å²) < 4.78 is 10.9. The lowest BCUT2D eigenvalue weighted by atomic mass is 9.86. The fraction of sp³-hybridized carbons (Fsp3) is 0.286. The molecule has 0 saturated carbocycles. The highest BCUT2D eigenvalue weighted by atomic mass is 127. The van der Waals surface area contributed by atoms with Crippen LogP contribution >= 0.6 is 45.9 Å². The summed E-state index contributed by atoms with van der Waals surface area (Å²) in [5, 5.41) is 6.25. The number of oxime groups is 1. The van der Waals surface area contributed by atoms with E-state index >= 15 is 0 Å². The number of esters is 1. The number of carbonyl (C=O) groups excluding carboxylic acids is 3. The maximum Gasteiger partial charge on any atom is 0.319 e. The number of fused-ring (bicyclic) bond motifs is 1. The first kappa shape index (κ1) is 30.0. The molecule has 14 heteroatoms. The Morgan fingerprint density at radius 3 is 2.45 bits per heavy atom. The quantitative estimate of drug-likeness (QED) is 0.0614. The standard InChI is InChI=1S/C28H27IN6O5S2/c1-39-33-19(22-32-27(30)42-34-22)23(36)31-20-24(37)35-15-28(13-8-14-29,16-41-25(20)35)26(38)40-21(17-9-4-2-5-10-17)18-11-6-3-7-12-18/h2-13,20-21,25H,14-16H2,1H3,(H,31,36)(H2,30,32,34)/t20?,25-,28?/m1/s1. The number of nitrogens with one attached hydrogen (secondary N) is 1. The third kappa shape index (κ3) is 6.15. The highest BCUT2D eigenvalue weighted by Gasteiger charge is 2.57. The molecule has 3 N–H and O–H groups in total. The van der Waals surface area contributed by atoms with Gasteiger partial charge in [-0.15, -0.1) is 11.8 Å². The number of β-lactam (4-membered cyclic amide) rings is 1. The third-order valence-electron chi connectivity index (χ3n) is 6.81. The Labute approximate surface area is 264 Å². The molecular formula is C28H27IN6O5S2. The minimum absolute atomic E-state index is 0.00820. The van der Waals surface area contributed by atoms with E-state index in [1.807, 2.05) is 72.8 Å². The van der Waals surface area contributed by atoms with Crippen molar-refractivity contribution in [3.63, 3.8) is 0 Å². The van der Waals surface area contributed by atoms with E-state index in [4.69, 9.17) is 15.3 Å². The molecule has 11 nitrogen and oxygen atoms in total. The molecule has 42 heavy (non-hydrogen) atoms. The smallest absolute Gasteiger partial charge is 0.319 e. The number of hydrogen-bond acceptors (Lipinski definition) is 11. The SMILES string of the molecule is CON=C(C(=O)NC1C(=O)N2CC(C=CCI)(C(=O)OC(c3ccccc3)c3ccccc3)CS[C@H]12)c1nsc(N)n1. The number of amides is 2. The highest BCUT2D eigenvalue weighted by molar-refractivity contribution is 14.1. The molecule has 1 aromatic heterocycles. The number of allylic oxidation sites excluding steroid dienone is 1. The Hall–Kier alpha value is -3.50. The van der Waals surface area contributed by atoms with Crippen molar-refractivity contribution in [2.75, 3.05) is 29.6 Å². The second-order valence-corrected chi connectivity index (χ2v) is 12.3. The Morgan fingerprint density at radius 1 is 1.21 bits per heavy atom. The van der Waals surface area contributed by atoms with E-state index in [1.54, 1.807) is 4.90 Å². The second kappa shape index (κ2) is 13.2. The van der Waals surface area contributed by atoms with Gasteiger partial charge in [-0.25, -0.2) is 0 Å². The molecule has 2 aromatic carbocycles. The van der Waals surface area contributed by atoms with E-state index in [0.29, 0.717) is 10.2 Å². The average molecular weight is 719 g/mol. The number of nitrogens with two attached hydrogens (primary N) is 1. The number of rotatable bonds is 10. The molecule has 3 aromatic rings. The largest absolute Gasteiger partial charge is 0.452 e. The van der Waals surface area contributed by atoms with Gasteiger partial charge in [-0.2, -0.15) is 9.36 Å². The average Bonchev–Trinajstić information content (AvgIpc) is 3.46. The van der Waals surface area contributed by atoms with E-state index in [0.717, 1.165) is 22.7 Å². The van der Waals surface area contributed by atoms with Crippen LogP contribution in [0.15, 0.2) is 78.0 Å². The van der Waals surface area contributed by atoms with Crippen LogP contribution in [0.2, 0.25) is 0 Å². The summed E-state index contributed by atoms with van der Waals surface area (Å²) in [7, 11) is 1.29. The summed E-state index contributed by atoms with van der Waals surface area (Å²) in [6.07, 6.45) is 3.14. The number of alkyl halides is 1. The summed E-state index contributed by atoms with van der Waals surface area (Å²) in [6.45, 7) is 0.126. The van der Waals surface area contributed by atoms with Crippen LogP contribution in [0.1, 0.15) is 23.1 Å². The third-order valence-corrected chi connectivity index (χ3v) is 9.41. The van der Waals surface area contributed by atoms with Gasteiger partial charge in [0, 0.05) is 28.3 Å². The first-order valence-electron chi connectivity index (χ1n) is 12.8. The summed E-state index contributed by atoms with van der Waals surface area (Å²) in [5.41, 5.74) is 6.09. The molecule has 218 valence electrons. The number of carbonyl (C=O) groups is 3. The molecule has 0 bridgehead atoms. The molecule has 2 fully saturated rings. The number of halogens is 1. The number of benzene rings is 2. The normalized spacial score (nSPS) is 22.0. The monoisotopic (exact) mass is 718 g/mol. The summed E-state index contributed by atoms with van der Waals surface area (Å²) in [4.78, 5) is 50.7. The molecule has 2 aliphatic heterocycles. The molecule has 5 rings (SSSR count). The van der Waals surface area contributed by atoms with Gasteiger partial charge in [-0.05, 0) is 11.1 Å². The zero-order valence-electron chi connectivity index (χ0n) is 22.4. The molecule has 2 aliphatic rings. The second-order valence-electron chi connectivity index (χ2n) is 9.52. The fourth-order valence-electron chi connectivity index (χ4n) is 4.78. The Bertz CT molecular complexity index is 1470. The van der Waals surface area contributed by atoms with Crippen LogP contribution in [0.3, 0.4) is 0 Å². The van der Waals surface area contributed by atoms with Crippen molar-refractivity contribution in [3.05, 3.63) is 89.8 Å². The lowest BCUT2D eigenvalue weighted by Crippen LogP contribution is -2.74. The predicted octanol–water partition coefficient (Wildman–Crippen LogP) is 3.18. The number of ether oxygens (including phenoxy) is 1. The number of anilines is 1. The van der Waals surface area contributed by atoms with Crippen molar-refractivity contribution in [1.29, 1.82) is 0 Å². The van der Waals surface area contributed by atoms with E-state index in [9.17, 15) is 14.4 Å². The maximum absolute atomic E-state index is 14.0.